The van der Waals surface area contributed by atoms with Crippen LogP contribution in [0.25, 0.3) is 0 Å². The maximum atomic E-state index is 13.0. The van der Waals surface area contributed by atoms with Gasteiger partial charge in [0.2, 0.25) is 11.2 Å². The van der Waals surface area contributed by atoms with Gasteiger partial charge in [-0.05, 0) is 64.6 Å². The number of methoxy groups -OCH3 is 3. The number of fused-ring (bicyclic) bond motifs is 2. The number of carbonyl (C=O) groups is 1. The third-order valence-electron chi connectivity index (χ3n) is 8.79. The Morgan fingerprint density at radius 1 is 0.936 bits per heavy atom. The first-order valence-corrected chi connectivity index (χ1v) is 15.7. The molecule has 246 valence electrons. The molecule has 0 bridgehead atoms. The van der Waals surface area contributed by atoms with Crippen LogP contribution in [0.4, 0.5) is 0 Å². The molecule has 0 saturated heterocycles. The first kappa shape index (κ1) is 32.0. The van der Waals surface area contributed by atoms with Gasteiger partial charge in [0.15, 0.2) is 17.3 Å². The Kier molecular flexibility index (Phi) is 9.68. The van der Waals surface area contributed by atoms with Crippen LogP contribution in [-0.2, 0) is 41.9 Å². The molecule has 0 spiro atoms. The summed E-state index contributed by atoms with van der Waals surface area (Å²) in [5.41, 5.74) is 4.79. The minimum atomic E-state index is -0.753. The second-order valence-electron chi connectivity index (χ2n) is 11.8. The molecule has 0 amide bonds. The highest BCUT2D eigenvalue weighted by molar-refractivity contribution is 5.71. The highest BCUT2D eigenvalue weighted by atomic mass is 16.5. The smallest absolute Gasteiger partial charge is 0.306 e. The van der Waals surface area contributed by atoms with Crippen LogP contribution in [0.1, 0.15) is 51.7 Å². The summed E-state index contributed by atoms with van der Waals surface area (Å²) < 4.78 is 33.7. The van der Waals surface area contributed by atoms with E-state index in [9.17, 15) is 14.7 Å². The Labute approximate surface area is 273 Å². The molecule has 3 aromatic carbocycles. The Morgan fingerprint density at radius 3 is 2.45 bits per heavy atom. The van der Waals surface area contributed by atoms with Crippen molar-refractivity contribution in [3.63, 3.8) is 0 Å². The lowest BCUT2D eigenvalue weighted by atomic mass is 9.92. The Bertz CT molecular complexity index is 1800. The number of benzene rings is 3. The van der Waals surface area contributed by atoms with Crippen LogP contribution in [0.3, 0.4) is 0 Å². The largest absolute Gasteiger partial charge is 0.502 e. The van der Waals surface area contributed by atoms with Crippen LogP contribution in [0.15, 0.2) is 69.9 Å². The molecule has 47 heavy (non-hydrogen) atoms. The number of hydrogen-bond donors (Lipinski definition) is 1. The second-order valence-corrected chi connectivity index (χ2v) is 11.8. The van der Waals surface area contributed by atoms with E-state index < -0.39 is 23.1 Å². The molecule has 10 nitrogen and oxygen atoms in total. The first-order chi connectivity index (χ1) is 22.8. The van der Waals surface area contributed by atoms with Crippen molar-refractivity contribution in [3.05, 3.63) is 110 Å². The summed E-state index contributed by atoms with van der Waals surface area (Å²) in [6.07, 6.45) is 2.33. The predicted molar refractivity (Wildman–Crippen MR) is 174 cm³/mol. The molecule has 6 rings (SSSR count). The number of aromatic hydroxyl groups is 1. The number of nitrogens with zero attached hydrogens (tertiary/aromatic N) is 1. The van der Waals surface area contributed by atoms with Gasteiger partial charge in [-0.3, -0.25) is 14.5 Å². The zero-order valence-electron chi connectivity index (χ0n) is 26.9. The van der Waals surface area contributed by atoms with E-state index in [2.05, 4.69) is 17.0 Å². The average molecular weight is 642 g/mol. The molecule has 3 heterocycles. The molecule has 2 aliphatic rings. The minimum Gasteiger partial charge on any atom is -0.502 e. The zero-order valence-corrected chi connectivity index (χ0v) is 26.9. The van der Waals surface area contributed by atoms with E-state index in [0.717, 1.165) is 43.7 Å². The van der Waals surface area contributed by atoms with E-state index in [-0.39, 0.29) is 12.2 Å². The van der Waals surface area contributed by atoms with Gasteiger partial charge < -0.3 is 33.2 Å². The van der Waals surface area contributed by atoms with Crippen LogP contribution in [0.2, 0.25) is 0 Å². The summed E-state index contributed by atoms with van der Waals surface area (Å²) in [6.45, 7) is 2.90. The molecule has 0 aliphatic carbocycles. The molecule has 0 fully saturated rings. The molecule has 0 radical (unpaired) electrons. The van der Waals surface area contributed by atoms with Gasteiger partial charge in [-0.2, -0.15) is 0 Å². The van der Waals surface area contributed by atoms with Gasteiger partial charge in [0, 0.05) is 32.0 Å². The quantitative estimate of drug-likeness (QED) is 0.208. The fourth-order valence-corrected chi connectivity index (χ4v) is 6.26. The van der Waals surface area contributed by atoms with Crippen molar-refractivity contribution in [2.75, 3.05) is 41.1 Å². The maximum Gasteiger partial charge on any atom is 0.306 e. The SMILES string of the molecule is COC(=O)C[C@H](c1ccc(OCCc2ccc3c(c2)CCO3)cc1)c1oc(CN2CCc3cc(OC)c(OC)cc3C2)cc(=O)c1O. The summed E-state index contributed by atoms with van der Waals surface area (Å²) in [6, 6.07) is 18.8. The molecule has 10 heteroatoms. The maximum absolute atomic E-state index is 13.0. The predicted octanol–water partition coefficient (Wildman–Crippen LogP) is 5.17. The third-order valence-corrected chi connectivity index (χ3v) is 8.79. The normalized spacial score (nSPS) is 14.4. The summed E-state index contributed by atoms with van der Waals surface area (Å²) in [4.78, 5) is 27.7. The van der Waals surface area contributed by atoms with Gasteiger partial charge in [0.1, 0.15) is 17.3 Å². The molecule has 0 saturated carbocycles. The lowest BCUT2D eigenvalue weighted by Crippen LogP contribution is -2.30. The van der Waals surface area contributed by atoms with E-state index in [1.54, 1.807) is 14.2 Å². The van der Waals surface area contributed by atoms with Crippen LogP contribution in [0.5, 0.6) is 28.7 Å². The van der Waals surface area contributed by atoms with E-state index in [1.165, 1.54) is 29.9 Å². The number of esters is 1. The van der Waals surface area contributed by atoms with Crippen molar-refractivity contribution in [1.82, 2.24) is 4.90 Å². The molecule has 0 unspecified atom stereocenters. The summed E-state index contributed by atoms with van der Waals surface area (Å²) >= 11 is 0. The van der Waals surface area contributed by atoms with Crippen molar-refractivity contribution < 1.29 is 38.0 Å². The number of ether oxygens (including phenoxy) is 5. The first-order valence-electron chi connectivity index (χ1n) is 15.7. The van der Waals surface area contributed by atoms with E-state index in [1.807, 2.05) is 42.5 Å². The van der Waals surface area contributed by atoms with Crippen molar-refractivity contribution in [2.45, 2.75) is 44.7 Å². The fourth-order valence-electron chi connectivity index (χ4n) is 6.26. The van der Waals surface area contributed by atoms with Gasteiger partial charge in [-0.1, -0.05) is 24.3 Å². The number of carbonyl (C=O) groups excluding carboxylic acids is 1. The van der Waals surface area contributed by atoms with E-state index in [4.69, 9.17) is 28.1 Å². The molecular weight excluding hydrogens is 602 g/mol. The summed E-state index contributed by atoms with van der Waals surface area (Å²) in [5, 5.41) is 10.9. The van der Waals surface area contributed by atoms with E-state index >= 15 is 0 Å². The molecule has 1 atom stereocenters. The highest BCUT2D eigenvalue weighted by Crippen LogP contribution is 2.36. The Morgan fingerprint density at radius 2 is 1.70 bits per heavy atom. The highest BCUT2D eigenvalue weighted by Gasteiger charge is 2.28. The number of hydrogen-bond acceptors (Lipinski definition) is 10. The second kappa shape index (κ2) is 14.2. The zero-order chi connectivity index (χ0) is 32.9. The monoisotopic (exact) mass is 641 g/mol. The standard InChI is InChI=1S/C37H39NO9/c1-42-33-17-25-10-13-38(21-27(25)18-34(33)43-2)22-29-19-31(39)36(41)37(47-29)30(20-35(40)44-3)24-5-7-28(8-6-24)45-14-11-23-4-9-32-26(16-23)12-15-46-32/h4-9,16-19,30,41H,10-15,20-22H2,1-3H3/t30-/m1/s1. The molecule has 1 N–H and O–H groups in total. The van der Waals surface area contributed by atoms with Crippen LogP contribution in [-0.4, -0.2) is 57.1 Å². The molecule has 4 aromatic rings. The van der Waals surface area contributed by atoms with Gasteiger partial charge in [-0.25, -0.2) is 0 Å². The van der Waals surface area contributed by atoms with Crippen molar-refractivity contribution in [1.29, 1.82) is 0 Å². The molecule has 1 aromatic heterocycles. The lowest BCUT2D eigenvalue weighted by molar-refractivity contribution is -0.140. The number of rotatable bonds is 12. The van der Waals surface area contributed by atoms with Gasteiger partial charge in [0.25, 0.3) is 0 Å². The average Bonchev–Trinajstić information content (AvgIpc) is 3.56. The fraction of sp³-hybridized carbons (Fsp3) is 0.351. The van der Waals surface area contributed by atoms with Crippen molar-refractivity contribution in [3.8, 4) is 28.7 Å². The van der Waals surface area contributed by atoms with Gasteiger partial charge >= 0.3 is 5.97 Å². The Balaban J connectivity index is 1.18. The topological polar surface area (TPSA) is 117 Å². The minimum absolute atomic E-state index is 0.0240. The molecular formula is C37H39NO9. The van der Waals surface area contributed by atoms with Gasteiger partial charge in [-0.15, -0.1) is 0 Å². The van der Waals surface area contributed by atoms with E-state index in [0.29, 0.717) is 48.3 Å². The van der Waals surface area contributed by atoms with Crippen LogP contribution >= 0.6 is 0 Å². The van der Waals surface area contributed by atoms with Crippen LogP contribution in [0, 0.1) is 0 Å². The van der Waals surface area contributed by atoms with Crippen molar-refractivity contribution in [2.24, 2.45) is 0 Å². The Hall–Kier alpha value is -4.96. The summed E-state index contributed by atoms with van der Waals surface area (Å²) in [5.74, 6) is 1.60. The van der Waals surface area contributed by atoms with Crippen molar-refractivity contribution >= 4 is 5.97 Å². The lowest BCUT2D eigenvalue weighted by Gasteiger charge is -2.29. The summed E-state index contributed by atoms with van der Waals surface area (Å²) in [7, 11) is 4.53. The van der Waals surface area contributed by atoms with Crippen LogP contribution < -0.4 is 24.4 Å². The molecule has 2 aliphatic heterocycles. The van der Waals surface area contributed by atoms with Gasteiger partial charge in [0.05, 0.1) is 53.4 Å². The third kappa shape index (κ3) is 7.23.